The fourth-order valence-electron chi connectivity index (χ4n) is 0.453. The van der Waals surface area contributed by atoms with Crippen LogP contribution in [0.25, 0.3) is 0 Å². The molecule has 0 saturated heterocycles. The highest BCUT2D eigenvalue weighted by Crippen LogP contribution is 1.95. The molecule has 0 saturated carbocycles. The molecule has 0 amide bonds. The summed E-state index contributed by atoms with van der Waals surface area (Å²) in [7, 11) is 0. The van der Waals surface area contributed by atoms with E-state index in [1.165, 1.54) is 5.57 Å². The summed E-state index contributed by atoms with van der Waals surface area (Å²) in [5.74, 6) is 0. The Morgan fingerprint density at radius 3 is 1.73 bits per heavy atom. The van der Waals surface area contributed by atoms with Crippen LogP contribution >= 0.6 is 0 Å². The number of hydrogen-bond donors (Lipinski definition) is 1. The second kappa shape index (κ2) is 5.54. The first kappa shape index (κ1) is 9.76. The minimum atomic E-state index is 0.822. The fraction of sp³-hybridized carbons (Fsp3) is 0.200. The van der Waals surface area contributed by atoms with Gasteiger partial charge in [0.1, 0.15) is 0 Å². The largest absolute Gasteiger partial charge is 0.399 e. The predicted octanol–water partition coefficient (Wildman–Crippen LogP) is 2.85. The minimum Gasteiger partial charge on any atom is -0.399 e. The van der Waals surface area contributed by atoms with Gasteiger partial charge in [-0.2, -0.15) is 0 Å². The molecule has 0 bridgehead atoms. The third-order valence-corrected chi connectivity index (χ3v) is 0.800. The molecule has 11 heavy (non-hydrogen) atoms. The van der Waals surface area contributed by atoms with E-state index in [0.29, 0.717) is 0 Å². The highest BCUT2D eigenvalue weighted by molar-refractivity contribution is 5.35. The highest BCUT2D eigenvalue weighted by Gasteiger charge is 1.72. The molecule has 0 aliphatic carbocycles. The van der Waals surface area contributed by atoms with Crippen LogP contribution in [0.5, 0.6) is 0 Å². The monoisotopic (exact) mass is 149 g/mol. The van der Waals surface area contributed by atoms with Crippen LogP contribution in [0.1, 0.15) is 13.8 Å². The molecule has 1 nitrogen and oxygen atoms in total. The zero-order valence-corrected chi connectivity index (χ0v) is 7.17. The number of anilines is 1. The number of nitrogens with two attached hydrogens (primary N) is 1. The summed E-state index contributed by atoms with van der Waals surface area (Å²) in [5, 5.41) is 0. The third-order valence-electron chi connectivity index (χ3n) is 0.800. The number of hydrogen-bond acceptors (Lipinski definition) is 1. The maximum absolute atomic E-state index is 5.36. The smallest absolute Gasteiger partial charge is 0.0313 e. The van der Waals surface area contributed by atoms with Crippen LogP contribution in [-0.2, 0) is 0 Å². The van der Waals surface area contributed by atoms with E-state index >= 15 is 0 Å². The van der Waals surface area contributed by atoms with Crippen molar-refractivity contribution in [2.24, 2.45) is 0 Å². The Kier molecular flexibility index (Phi) is 4.91. The third kappa shape index (κ3) is 8.76. The van der Waals surface area contributed by atoms with Crippen molar-refractivity contribution in [3.05, 3.63) is 42.5 Å². The summed E-state index contributed by atoms with van der Waals surface area (Å²) in [6.45, 7) is 7.50. The van der Waals surface area contributed by atoms with Crippen molar-refractivity contribution in [3.8, 4) is 0 Å². The Balaban J connectivity index is 0.000000218. The molecule has 60 valence electrons. The second-order valence-electron chi connectivity index (χ2n) is 2.62. The maximum Gasteiger partial charge on any atom is 0.0313 e. The lowest BCUT2D eigenvalue weighted by atomic mass is 10.3. The molecule has 0 atom stereocenters. The number of benzene rings is 1. The lowest BCUT2D eigenvalue weighted by Gasteiger charge is -1.83. The van der Waals surface area contributed by atoms with Crippen molar-refractivity contribution in [1.82, 2.24) is 0 Å². The molecule has 1 rings (SSSR count). The molecule has 1 aromatic rings. The first-order valence-corrected chi connectivity index (χ1v) is 3.55. The van der Waals surface area contributed by atoms with Crippen molar-refractivity contribution >= 4 is 5.69 Å². The number of para-hydroxylation sites is 1. The standard InChI is InChI=1S/C6H7N.C4H8/c7-6-4-2-1-3-5-6;1-4(2)3/h1-5H,7H2;1H2,2-3H3. The van der Waals surface area contributed by atoms with Crippen LogP contribution in [0.4, 0.5) is 5.69 Å². The Bertz CT molecular complexity index is 197. The molecule has 0 aliphatic rings. The Morgan fingerprint density at radius 2 is 1.55 bits per heavy atom. The Hall–Kier alpha value is -1.24. The molecule has 0 spiro atoms. The summed E-state index contributed by atoms with van der Waals surface area (Å²) in [6.07, 6.45) is 0. The van der Waals surface area contributed by atoms with Gasteiger partial charge in [0.25, 0.3) is 0 Å². The highest BCUT2D eigenvalue weighted by atomic mass is 14.5. The van der Waals surface area contributed by atoms with Gasteiger partial charge in [-0.25, -0.2) is 0 Å². The zero-order chi connectivity index (χ0) is 8.69. The molecule has 0 radical (unpaired) electrons. The first-order chi connectivity index (χ1) is 5.13. The van der Waals surface area contributed by atoms with Gasteiger partial charge in [-0.1, -0.05) is 23.8 Å². The molecule has 1 aromatic carbocycles. The van der Waals surface area contributed by atoms with E-state index in [-0.39, 0.29) is 0 Å². The van der Waals surface area contributed by atoms with E-state index in [1.54, 1.807) is 0 Å². The molecule has 0 aromatic heterocycles. The van der Waals surface area contributed by atoms with E-state index < -0.39 is 0 Å². The molecule has 0 unspecified atom stereocenters. The fourth-order valence-corrected chi connectivity index (χ4v) is 0.453. The molecule has 2 N–H and O–H groups in total. The average molecular weight is 149 g/mol. The molecule has 0 fully saturated rings. The van der Waals surface area contributed by atoms with Gasteiger partial charge in [-0.3, -0.25) is 0 Å². The summed E-state index contributed by atoms with van der Waals surface area (Å²) >= 11 is 0. The van der Waals surface area contributed by atoms with Crippen molar-refractivity contribution < 1.29 is 0 Å². The van der Waals surface area contributed by atoms with Gasteiger partial charge < -0.3 is 5.73 Å². The van der Waals surface area contributed by atoms with E-state index in [2.05, 4.69) is 6.58 Å². The zero-order valence-electron chi connectivity index (χ0n) is 7.17. The van der Waals surface area contributed by atoms with Crippen LogP contribution < -0.4 is 5.73 Å². The van der Waals surface area contributed by atoms with Gasteiger partial charge in [-0.05, 0) is 26.0 Å². The van der Waals surface area contributed by atoms with Crippen LogP contribution in [0.2, 0.25) is 0 Å². The predicted molar refractivity (Wildman–Crippen MR) is 51.3 cm³/mol. The summed E-state index contributed by atoms with van der Waals surface area (Å²) in [5.41, 5.74) is 7.35. The Labute approximate surface area is 68.5 Å². The molecular formula is C10H15N. The van der Waals surface area contributed by atoms with Gasteiger partial charge in [0.15, 0.2) is 0 Å². The van der Waals surface area contributed by atoms with Gasteiger partial charge >= 0.3 is 0 Å². The van der Waals surface area contributed by atoms with E-state index in [1.807, 2.05) is 44.2 Å². The molecule has 0 aliphatic heterocycles. The normalized spacial score (nSPS) is 7.82. The van der Waals surface area contributed by atoms with Gasteiger partial charge in [0, 0.05) is 5.69 Å². The summed E-state index contributed by atoms with van der Waals surface area (Å²) in [6, 6.07) is 9.49. The lowest BCUT2D eigenvalue weighted by molar-refractivity contribution is 1.42. The summed E-state index contributed by atoms with van der Waals surface area (Å²) in [4.78, 5) is 0. The van der Waals surface area contributed by atoms with Crippen LogP contribution in [-0.4, -0.2) is 0 Å². The number of allylic oxidation sites excluding steroid dienone is 1. The summed E-state index contributed by atoms with van der Waals surface area (Å²) < 4.78 is 0. The minimum absolute atomic E-state index is 0.822. The quantitative estimate of drug-likeness (QED) is 0.445. The van der Waals surface area contributed by atoms with Crippen molar-refractivity contribution in [1.29, 1.82) is 0 Å². The van der Waals surface area contributed by atoms with Crippen molar-refractivity contribution in [2.45, 2.75) is 13.8 Å². The molecule has 1 heteroatoms. The SMILES string of the molecule is C=C(C)C.Nc1ccccc1. The van der Waals surface area contributed by atoms with E-state index in [9.17, 15) is 0 Å². The number of rotatable bonds is 0. The topological polar surface area (TPSA) is 26.0 Å². The molecular weight excluding hydrogens is 134 g/mol. The average Bonchev–Trinajstić information content (AvgIpc) is 1.87. The first-order valence-electron chi connectivity index (χ1n) is 3.55. The maximum atomic E-state index is 5.36. The number of nitrogen functional groups attached to an aromatic ring is 1. The van der Waals surface area contributed by atoms with Gasteiger partial charge in [0.2, 0.25) is 0 Å². The van der Waals surface area contributed by atoms with E-state index in [4.69, 9.17) is 5.73 Å². The van der Waals surface area contributed by atoms with Gasteiger partial charge in [0.05, 0.1) is 0 Å². The van der Waals surface area contributed by atoms with Crippen LogP contribution in [0, 0.1) is 0 Å². The Morgan fingerprint density at radius 1 is 1.18 bits per heavy atom. The van der Waals surface area contributed by atoms with Gasteiger partial charge in [-0.15, -0.1) is 6.58 Å². The van der Waals surface area contributed by atoms with E-state index in [0.717, 1.165) is 5.69 Å². The van der Waals surface area contributed by atoms with Crippen LogP contribution in [0.3, 0.4) is 0 Å². The second-order valence-corrected chi connectivity index (χ2v) is 2.62. The van der Waals surface area contributed by atoms with Crippen LogP contribution in [0.15, 0.2) is 42.5 Å². The molecule has 0 heterocycles. The van der Waals surface area contributed by atoms with Crippen molar-refractivity contribution in [3.63, 3.8) is 0 Å². The van der Waals surface area contributed by atoms with Crippen molar-refractivity contribution in [2.75, 3.05) is 5.73 Å². The lowest BCUT2D eigenvalue weighted by Crippen LogP contribution is -1.79.